The third-order valence-electron chi connectivity index (χ3n) is 4.39. The lowest BCUT2D eigenvalue weighted by Crippen LogP contribution is -2.48. The zero-order chi connectivity index (χ0) is 15.2. The minimum Gasteiger partial charge on any atom is -0.481 e. The zero-order valence-corrected chi connectivity index (χ0v) is 12.9. The molecule has 116 valence electrons. The number of carbonyl (C=O) groups is 2. The van der Waals surface area contributed by atoms with Gasteiger partial charge in [0.2, 0.25) is 0 Å². The van der Waals surface area contributed by atoms with Crippen molar-refractivity contribution in [2.45, 2.75) is 65.3 Å². The van der Waals surface area contributed by atoms with Gasteiger partial charge in [-0.25, -0.2) is 4.79 Å². The fraction of sp³-hybridized carbons (Fsp3) is 0.867. The van der Waals surface area contributed by atoms with Gasteiger partial charge < -0.3 is 15.7 Å². The van der Waals surface area contributed by atoms with Gasteiger partial charge in [0.1, 0.15) is 0 Å². The van der Waals surface area contributed by atoms with Gasteiger partial charge >= 0.3 is 12.0 Å². The molecule has 5 nitrogen and oxygen atoms in total. The van der Waals surface area contributed by atoms with E-state index in [0.717, 1.165) is 32.1 Å². The SMILES string of the molecule is CCC(C)CC(C)NC(=O)NCC1(CC(=O)O)CCC1. The van der Waals surface area contributed by atoms with Crippen molar-refractivity contribution < 1.29 is 14.7 Å². The summed E-state index contributed by atoms with van der Waals surface area (Å²) in [5.74, 6) is -0.188. The van der Waals surface area contributed by atoms with Crippen LogP contribution in [0.3, 0.4) is 0 Å². The van der Waals surface area contributed by atoms with Crippen molar-refractivity contribution in [3.05, 3.63) is 0 Å². The van der Waals surface area contributed by atoms with E-state index >= 15 is 0 Å². The molecule has 0 aromatic rings. The molecule has 0 heterocycles. The summed E-state index contributed by atoms with van der Waals surface area (Å²) in [6, 6.07) is -0.0424. The maximum atomic E-state index is 11.8. The van der Waals surface area contributed by atoms with Crippen LogP contribution in [0.2, 0.25) is 0 Å². The predicted molar refractivity (Wildman–Crippen MR) is 78.6 cm³/mol. The monoisotopic (exact) mass is 284 g/mol. The molecular weight excluding hydrogens is 256 g/mol. The van der Waals surface area contributed by atoms with Crippen molar-refractivity contribution in [1.82, 2.24) is 10.6 Å². The van der Waals surface area contributed by atoms with Crippen molar-refractivity contribution in [3.63, 3.8) is 0 Å². The van der Waals surface area contributed by atoms with Crippen molar-refractivity contribution in [2.75, 3.05) is 6.54 Å². The first-order valence-corrected chi connectivity index (χ1v) is 7.63. The van der Waals surface area contributed by atoms with E-state index in [1.165, 1.54) is 0 Å². The number of hydrogen-bond donors (Lipinski definition) is 3. The largest absolute Gasteiger partial charge is 0.481 e. The van der Waals surface area contributed by atoms with Crippen LogP contribution in [-0.2, 0) is 4.79 Å². The van der Waals surface area contributed by atoms with Gasteiger partial charge in [0, 0.05) is 12.6 Å². The molecule has 1 rings (SSSR count). The number of nitrogens with one attached hydrogen (secondary N) is 2. The van der Waals surface area contributed by atoms with Crippen molar-refractivity contribution in [2.24, 2.45) is 11.3 Å². The van der Waals surface area contributed by atoms with E-state index in [9.17, 15) is 9.59 Å². The molecule has 0 aromatic carbocycles. The maximum Gasteiger partial charge on any atom is 0.315 e. The van der Waals surface area contributed by atoms with Gasteiger partial charge in [-0.3, -0.25) is 4.79 Å². The average Bonchev–Trinajstić information content (AvgIpc) is 2.31. The Bertz CT molecular complexity index is 340. The molecule has 0 aromatic heterocycles. The van der Waals surface area contributed by atoms with E-state index in [2.05, 4.69) is 24.5 Å². The quantitative estimate of drug-likeness (QED) is 0.641. The molecule has 0 spiro atoms. The van der Waals surface area contributed by atoms with Gasteiger partial charge in [-0.15, -0.1) is 0 Å². The van der Waals surface area contributed by atoms with Crippen LogP contribution in [0.5, 0.6) is 0 Å². The van der Waals surface area contributed by atoms with Crippen molar-refractivity contribution in [1.29, 1.82) is 0 Å². The Labute approximate surface area is 121 Å². The third-order valence-corrected chi connectivity index (χ3v) is 4.39. The molecule has 2 amide bonds. The summed E-state index contributed by atoms with van der Waals surface area (Å²) in [5.41, 5.74) is -0.219. The van der Waals surface area contributed by atoms with Crippen LogP contribution in [0.1, 0.15) is 59.3 Å². The van der Waals surface area contributed by atoms with Crippen LogP contribution in [0.4, 0.5) is 4.79 Å². The van der Waals surface area contributed by atoms with E-state index in [-0.39, 0.29) is 23.9 Å². The van der Waals surface area contributed by atoms with E-state index < -0.39 is 5.97 Å². The molecule has 1 aliphatic rings. The Hall–Kier alpha value is -1.26. The molecule has 1 aliphatic carbocycles. The summed E-state index contributed by atoms with van der Waals surface area (Å²) < 4.78 is 0. The highest BCUT2D eigenvalue weighted by molar-refractivity contribution is 5.74. The highest BCUT2D eigenvalue weighted by Gasteiger charge is 2.39. The zero-order valence-electron chi connectivity index (χ0n) is 12.9. The number of aliphatic carboxylic acids is 1. The van der Waals surface area contributed by atoms with E-state index in [4.69, 9.17) is 5.11 Å². The summed E-state index contributed by atoms with van der Waals surface area (Å²) in [4.78, 5) is 22.7. The number of carboxylic acid groups (broad SMARTS) is 1. The Kier molecular flexibility index (Phi) is 6.30. The van der Waals surface area contributed by atoms with Crippen LogP contribution < -0.4 is 10.6 Å². The first-order valence-electron chi connectivity index (χ1n) is 7.63. The molecule has 0 saturated heterocycles. The predicted octanol–water partition coefficient (Wildman–Crippen LogP) is 2.76. The smallest absolute Gasteiger partial charge is 0.315 e. The van der Waals surface area contributed by atoms with E-state index in [1.54, 1.807) is 0 Å². The number of rotatable bonds is 8. The first kappa shape index (κ1) is 16.8. The average molecular weight is 284 g/mol. The summed E-state index contributed by atoms with van der Waals surface area (Å²) in [5, 5.41) is 14.7. The van der Waals surface area contributed by atoms with Gasteiger partial charge in [-0.2, -0.15) is 0 Å². The summed E-state index contributed by atoms with van der Waals surface area (Å²) in [7, 11) is 0. The van der Waals surface area contributed by atoms with Gasteiger partial charge in [0.05, 0.1) is 6.42 Å². The van der Waals surface area contributed by atoms with E-state index in [0.29, 0.717) is 12.5 Å². The molecule has 3 N–H and O–H groups in total. The Morgan fingerprint density at radius 3 is 2.40 bits per heavy atom. The molecule has 1 fully saturated rings. The second kappa shape index (κ2) is 7.50. The minimum absolute atomic E-state index is 0.141. The molecular formula is C15H28N2O3. The number of carbonyl (C=O) groups excluding carboxylic acids is 1. The Balaban J connectivity index is 2.30. The van der Waals surface area contributed by atoms with Crippen LogP contribution in [0, 0.1) is 11.3 Å². The van der Waals surface area contributed by atoms with Crippen molar-refractivity contribution in [3.8, 4) is 0 Å². The molecule has 2 atom stereocenters. The standard InChI is InChI=1S/C15H28N2O3/c1-4-11(2)8-12(3)17-14(20)16-10-15(6-5-7-15)9-13(18)19/h11-12H,4-10H2,1-3H3,(H,18,19)(H2,16,17,20). The fourth-order valence-corrected chi connectivity index (χ4v) is 2.79. The number of urea groups is 1. The van der Waals surface area contributed by atoms with Gasteiger partial charge in [-0.05, 0) is 37.5 Å². The topological polar surface area (TPSA) is 78.4 Å². The second-order valence-corrected chi connectivity index (χ2v) is 6.40. The van der Waals surface area contributed by atoms with Crippen LogP contribution >= 0.6 is 0 Å². The number of amides is 2. The second-order valence-electron chi connectivity index (χ2n) is 6.40. The third kappa shape index (κ3) is 5.39. The minimum atomic E-state index is -0.781. The van der Waals surface area contributed by atoms with E-state index in [1.807, 2.05) is 6.92 Å². The molecule has 0 aliphatic heterocycles. The van der Waals surface area contributed by atoms with Crippen molar-refractivity contribution >= 4 is 12.0 Å². The van der Waals surface area contributed by atoms with Crippen LogP contribution in [0.25, 0.3) is 0 Å². The summed E-state index contributed by atoms with van der Waals surface area (Å²) >= 11 is 0. The molecule has 2 unspecified atom stereocenters. The Morgan fingerprint density at radius 2 is 1.95 bits per heavy atom. The molecule has 20 heavy (non-hydrogen) atoms. The number of hydrogen-bond acceptors (Lipinski definition) is 2. The lowest BCUT2D eigenvalue weighted by Gasteiger charge is -2.40. The summed E-state index contributed by atoms with van der Waals surface area (Å²) in [6.07, 6.45) is 5.06. The maximum absolute atomic E-state index is 11.8. The Morgan fingerprint density at radius 1 is 1.30 bits per heavy atom. The van der Waals surface area contributed by atoms with Gasteiger partial charge in [0.15, 0.2) is 0 Å². The van der Waals surface area contributed by atoms with Gasteiger partial charge in [0.25, 0.3) is 0 Å². The molecule has 5 heteroatoms. The molecule has 0 radical (unpaired) electrons. The molecule has 0 bridgehead atoms. The fourth-order valence-electron chi connectivity index (χ4n) is 2.79. The van der Waals surface area contributed by atoms with Crippen LogP contribution in [0.15, 0.2) is 0 Å². The number of carboxylic acids is 1. The lowest BCUT2D eigenvalue weighted by molar-refractivity contribution is -0.141. The highest BCUT2D eigenvalue weighted by atomic mass is 16.4. The summed E-state index contributed by atoms with van der Waals surface area (Å²) in [6.45, 7) is 6.78. The normalized spacial score (nSPS) is 19.6. The van der Waals surface area contributed by atoms with Gasteiger partial charge in [-0.1, -0.05) is 26.7 Å². The lowest BCUT2D eigenvalue weighted by atomic mass is 9.66. The van der Waals surface area contributed by atoms with Crippen LogP contribution in [-0.4, -0.2) is 29.7 Å². The first-order chi connectivity index (χ1) is 9.37. The highest BCUT2D eigenvalue weighted by Crippen LogP contribution is 2.43. The molecule has 1 saturated carbocycles.